The zero-order valence-corrected chi connectivity index (χ0v) is 10.9. The lowest BCUT2D eigenvalue weighted by Crippen LogP contribution is -2.13. The van der Waals surface area contributed by atoms with Gasteiger partial charge < -0.3 is 5.73 Å². The third kappa shape index (κ3) is 1.94. The molecule has 0 amide bonds. The van der Waals surface area contributed by atoms with Gasteiger partial charge in [-0.3, -0.25) is 4.98 Å². The molecule has 2 heterocycles. The minimum atomic E-state index is -0.274. The number of aromatic nitrogens is 5. The van der Waals surface area contributed by atoms with Gasteiger partial charge >= 0.3 is 0 Å². The lowest BCUT2D eigenvalue weighted by molar-refractivity contribution is 0.690. The molecular formula is C12H11ClN6. The topological polar surface area (TPSA) is 82.5 Å². The number of fused-ring (bicyclic) bond motifs is 1. The van der Waals surface area contributed by atoms with E-state index in [0.717, 1.165) is 16.6 Å². The van der Waals surface area contributed by atoms with Crippen molar-refractivity contribution in [2.24, 2.45) is 5.73 Å². The van der Waals surface area contributed by atoms with Gasteiger partial charge in [0, 0.05) is 11.6 Å². The second kappa shape index (κ2) is 4.56. The quantitative estimate of drug-likeness (QED) is 0.771. The molecule has 0 saturated carbocycles. The van der Waals surface area contributed by atoms with E-state index in [2.05, 4.69) is 20.5 Å². The fourth-order valence-corrected chi connectivity index (χ4v) is 2.16. The number of halogens is 1. The summed E-state index contributed by atoms with van der Waals surface area (Å²) in [7, 11) is 0. The first-order valence-electron chi connectivity index (χ1n) is 5.76. The van der Waals surface area contributed by atoms with E-state index < -0.39 is 0 Å². The van der Waals surface area contributed by atoms with E-state index in [1.165, 1.54) is 0 Å². The Balaban J connectivity index is 2.31. The van der Waals surface area contributed by atoms with Crippen LogP contribution in [0.15, 0.2) is 30.5 Å². The number of nitrogens with two attached hydrogens (primary N) is 1. The van der Waals surface area contributed by atoms with Crippen molar-refractivity contribution in [3.05, 3.63) is 41.3 Å². The van der Waals surface area contributed by atoms with Gasteiger partial charge in [-0.15, -0.1) is 5.10 Å². The highest BCUT2D eigenvalue weighted by Gasteiger charge is 2.15. The SMILES string of the molecule is CC(N)c1nnnn1-c1ccc(Cl)c2cccnc12. The van der Waals surface area contributed by atoms with Crippen molar-refractivity contribution in [3.63, 3.8) is 0 Å². The van der Waals surface area contributed by atoms with Crippen LogP contribution in [0.3, 0.4) is 0 Å². The average molecular weight is 275 g/mol. The standard InChI is InChI=1S/C12H11ClN6/c1-7(14)12-16-17-18-19(12)10-5-4-9(13)8-3-2-6-15-11(8)10/h2-7H,14H2,1H3. The van der Waals surface area contributed by atoms with Gasteiger partial charge in [-0.1, -0.05) is 11.6 Å². The molecule has 3 aromatic rings. The molecule has 0 spiro atoms. The predicted octanol–water partition coefficient (Wildman–Crippen LogP) is 1.88. The second-order valence-corrected chi connectivity index (χ2v) is 4.61. The van der Waals surface area contributed by atoms with Crippen molar-refractivity contribution >= 4 is 22.5 Å². The van der Waals surface area contributed by atoms with Crippen molar-refractivity contribution in [1.82, 2.24) is 25.2 Å². The van der Waals surface area contributed by atoms with Crippen molar-refractivity contribution < 1.29 is 0 Å². The van der Waals surface area contributed by atoms with Gasteiger partial charge in [0.05, 0.1) is 22.3 Å². The summed E-state index contributed by atoms with van der Waals surface area (Å²) in [5.41, 5.74) is 7.36. The first-order valence-corrected chi connectivity index (χ1v) is 6.13. The zero-order chi connectivity index (χ0) is 13.4. The lowest BCUT2D eigenvalue weighted by Gasteiger charge is -2.09. The molecule has 0 bridgehead atoms. The molecule has 6 nitrogen and oxygen atoms in total. The molecule has 0 radical (unpaired) electrons. The first-order chi connectivity index (χ1) is 9.18. The summed E-state index contributed by atoms with van der Waals surface area (Å²) in [6.45, 7) is 1.83. The number of benzene rings is 1. The first kappa shape index (κ1) is 12.0. The Kier molecular flexibility index (Phi) is 2.88. The van der Waals surface area contributed by atoms with Gasteiger partial charge in [-0.05, 0) is 41.6 Å². The van der Waals surface area contributed by atoms with E-state index in [9.17, 15) is 0 Å². The van der Waals surface area contributed by atoms with Gasteiger partial charge in [0.1, 0.15) is 0 Å². The largest absolute Gasteiger partial charge is 0.321 e. The molecule has 0 aliphatic heterocycles. The van der Waals surface area contributed by atoms with Crippen LogP contribution in [0.2, 0.25) is 5.02 Å². The van der Waals surface area contributed by atoms with Crippen LogP contribution in [0.5, 0.6) is 0 Å². The summed E-state index contributed by atoms with van der Waals surface area (Å²) in [6, 6.07) is 7.10. The van der Waals surface area contributed by atoms with Crippen LogP contribution < -0.4 is 5.73 Å². The zero-order valence-electron chi connectivity index (χ0n) is 10.2. The number of nitrogens with zero attached hydrogens (tertiary/aromatic N) is 5. The van der Waals surface area contributed by atoms with Crippen LogP contribution in [0.1, 0.15) is 18.8 Å². The van der Waals surface area contributed by atoms with E-state index in [1.54, 1.807) is 16.9 Å². The Morgan fingerprint density at radius 3 is 2.95 bits per heavy atom. The number of tetrazole rings is 1. The van der Waals surface area contributed by atoms with E-state index in [-0.39, 0.29) is 6.04 Å². The van der Waals surface area contributed by atoms with Gasteiger partial charge in [0.15, 0.2) is 5.82 Å². The van der Waals surface area contributed by atoms with E-state index >= 15 is 0 Å². The Labute approximate surface area is 114 Å². The molecular weight excluding hydrogens is 264 g/mol. The monoisotopic (exact) mass is 274 g/mol. The molecule has 96 valence electrons. The molecule has 1 atom stereocenters. The molecule has 2 N–H and O–H groups in total. The maximum Gasteiger partial charge on any atom is 0.173 e. The number of hydrogen-bond acceptors (Lipinski definition) is 5. The molecule has 0 aliphatic rings. The fraction of sp³-hybridized carbons (Fsp3) is 0.167. The predicted molar refractivity (Wildman–Crippen MR) is 72.1 cm³/mol. The Bertz CT molecular complexity index is 736. The van der Waals surface area contributed by atoms with Crippen molar-refractivity contribution in [2.45, 2.75) is 13.0 Å². The third-order valence-electron chi connectivity index (χ3n) is 2.82. The average Bonchev–Trinajstić information content (AvgIpc) is 2.89. The Hall–Kier alpha value is -2.05. The molecule has 0 aliphatic carbocycles. The number of rotatable bonds is 2. The minimum Gasteiger partial charge on any atom is -0.321 e. The van der Waals surface area contributed by atoms with E-state index in [4.69, 9.17) is 17.3 Å². The summed E-state index contributed by atoms with van der Waals surface area (Å²) in [6.07, 6.45) is 1.71. The van der Waals surface area contributed by atoms with Crippen LogP contribution in [0.25, 0.3) is 16.6 Å². The van der Waals surface area contributed by atoms with Gasteiger partial charge in [-0.25, -0.2) is 0 Å². The molecule has 0 fully saturated rings. The smallest absolute Gasteiger partial charge is 0.173 e. The van der Waals surface area contributed by atoms with Gasteiger partial charge in [0.2, 0.25) is 0 Å². The lowest BCUT2D eigenvalue weighted by atomic mass is 10.2. The number of hydrogen-bond donors (Lipinski definition) is 1. The van der Waals surface area contributed by atoms with Crippen molar-refractivity contribution in [3.8, 4) is 5.69 Å². The third-order valence-corrected chi connectivity index (χ3v) is 3.15. The molecule has 19 heavy (non-hydrogen) atoms. The molecule has 3 rings (SSSR count). The van der Waals surface area contributed by atoms with Crippen LogP contribution in [0, 0.1) is 0 Å². The molecule has 2 aromatic heterocycles. The highest BCUT2D eigenvalue weighted by molar-refractivity contribution is 6.35. The van der Waals surface area contributed by atoms with Crippen molar-refractivity contribution in [2.75, 3.05) is 0 Å². The van der Waals surface area contributed by atoms with Crippen molar-refractivity contribution in [1.29, 1.82) is 0 Å². The highest BCUT2D eigenvalue weighted by atomic mass is 35.5. The Morgan fingerprint density at radius 1 is 1.32 bits per heavy atom. The summed E-state index contributed by atoms with van der Waals surface area (Å²) < 4.78 is 1.59. The number of pyridine rings is 1. The second-order valence-electron chi connectivity index (χ2n) is 4.20. The molecule has 1 unspecified atom stereocenters. The Morgan fingerprint density at radius 2 is 2.16 bits per heavy atom. The fourth-order valence-electron chi connectivity index (χ4n) is 1.94. The highest BCUT2D eigenvalue weighted by Crippen LogP contribution is 2.27. The minimum absolute atomic E-state index is 0.274. The molecule has 7 heteroatoms. The maximum atomic E-state index is 6.17. The summed E-state index contributed by atoms with van der Waals surface area (Å²) in [5, 5.41) is 13.1. The maximum absolute atomic E-state index is 6.17. The summed E-state index contributed by atoms with van der Waals surface area (Å²) >= 11 is 6.17. The molecule has 1 aromatic carbocycles. The van der Waals surface area contributed by atoms with Crippen LogP contribution in [-0.2, 0) is 0 Å². The van der Waals surface area contributed by atoms with E-state index in [0.29, 0.717) is 10.8 Å². The van der Waals surface area contributed by atoms with Crippen LogP contribution in [-0.4, -0.2) is 25.2 Å². The van der Waals surface area contributed by atoms with Crippen LogP contribution in [0.4, 0.5) is 0 Å². The summed E-state index contributed by atoms with van der Waals surface area (Å²) in [4.78, 5) is 4.36. The molecule has 0 saturated heterocycles. The normalized spacial score (nSPS) is 12.8. The van der Waals surface area contributed by atoms with Gasteiger partial charge in [0.25, 0.3) is 0 Å². The van der Waals surface area contributed by atoms with Crippen LogP contribution >= 0.6 is 11.6 Å². The van der Waals surface area contributed by atoms with E-state index in [1.807, 2.05) is 25.1 Å². The van der Waals surface area contributed by atoms with Gasteiger partial charge in [-0.2, -0.15) is 4.68 Å². The summed E-state index contributed by atoms with van der Waals surface area (Å²) in [5.74, 6) is 0.578.